The minimum atomic E-state index is -2.82. The largest absolute Gasteiger partial charge is 0.327 e. The van der Waals surface area contributed by atoms with E-state index in [-0.39, 0.29) is 17.5 Å². The van der Waals surface area contributed by atoms with Gasteiger partial charge in [0, 0.05) is 24.9 Å². The van der Waals surface area contributed by atoms with E-state index in [0.717, 1.165) is 19.5 Å². The van der Waals surface area contributed by atoms with Crippen LogP contribution in [-0.4, -0.2) is 50.5 Å². The summed E-state index contributed by atoms with van der Waals surface area (Å²) in [4.78, 5) is 2.21. The lowest BCUT2D eigenvalue weighted by Gasteiger charge is -2.34. The second-order valence-electron chi connectivity index (χ2n) is 4.47. The molecule has 2 atom stereocenters. The molecule has 1 heterocycles. The first-order valence-corrected chi connectivity index (χ1v) is 7.45. The number of likely N-dealkylation sites (tertiary alicyclic amines) is 1. The van der Waals surface area contributed by atoms with Gasteiger partial charge in [0.1, 0.15) is 0 Å². The van der Waals surface area contributed by atoms with E-state index >= 15 is 0 Å². The number of hydrogen-bond donors (Lipinski definition) is 1. The Bertz CT molecular complexity index is 290. The van der Waals surface area contributed by atoms with Gasteiger partial charge in [-0.2, -0.15) is 0 Å². The Morgan fingerprint density at radius 2 is 2.13 bits per heavy atom. The molecule has 1 aliphatic heterocycles. The molecule has 0 aromatic rings. The first-order chi connectivity index (χ1) is 6.94. The van der Waals surface area contributed by atoms with Crippen molar-refractivity contribution in [3.63, 3.8) is 0 Å². The Hall–Kier alpha value is -0.130. The van der Waals surface area contributed by atoms with E-state index in [1.807, 2.05) is 0 Å². The molecule has 0 spiro atoms. The Morgan fingerprint density at radius 3 is 2.67 bits per heavy atom. The number of nitrogens with two attached hydrogens (primary N) is 1. The summed E-state index contributed by atoms with van der Waals surface area (Å²) in [5.41, 5.74) is 5.90. The normalized spacial score (nSPS) is 29.3. The van der Waals surface area contributed by atoms with Gasteiger partial charge in [0.15, 0.2) is 9.84 Å². The molecule has 15 heavy (non-hydrogen) atoms. The van der Waals surface area contributed by atoms with Crippen LogP contribution in [0.2, 0.25) is 0 Å². The third-order valence-corrected chi connectivity index (χ3v) is 4.90. The monoisotopic (exact) mass is 234 g/mol. The molecular weight excluding hydrogens is 212 g/mol. The zero-order chi connectivity index (χ0) is 11.5. The van der Waals surface area contributed by atoms with Crippen LogP contribution < -0.4 is 5.73 Å². The summed E-state index contributed by atoms with van der Waals surface area (Å²) in [6.07, 6.45) is 0.980. The van der Waals surface area contributed by atoms with E-state index in [9.17, 15) is 8.42 Å². The van der Waals surface area contributed by atoms with E-state index in [2.05, 4.69) is 11.8 Å². The molecule has 1 rings (SSSR count). The predicted octanol–water partition coefficient (Wildman–Crippen LogP) is 0.0902. The average Bonchev–Trinajstić information content (AvgIpc) is 2.20. The molecule has 2 N–H and O–H groups in total. The Labute approximate surface area is 92.7 Å². The summed E-state index contributed by atoms with van der Waals surface area (Å²) in [6.45, 7) is 6.35. The number of piperidine rings is 1. The second kappa shape index (κ2) is 5.27. The van der Waals surface area contributed by atoms with Gasteiger partial charge in [0.05, 0.1) is 5.75 Å². The predicted molar refractivity (Wildman–Crippen MR) is 62.5 cm³/mol. The van der Waals surface area contributed by atoms with Crippen LogP contribution >= 0.6 is 0 Å². The van der Waals surface area contributed by atoms with Gasteiger partial charge in [-0.1, -0.05) is 13.8 Å². The number of hydrogen-bond acceptors (Lipinski definition) is 4. The fraction of sp³-hybridized carbons (Fsp3) is 1.00. The van der Waals surface area contributed by atoms with Gasteiger partial charge in [-0.25, -0.2) is 8.42 Å². The zero-order valence-electron chi connectivity index (χ0n) is 9.65. The first-order valence-electron chi connectivity index (χ1n) is 5.63. The highest BCUT2D eigenvalue weighted by Gasteiger charge is 2.23. The molecule has 0 amide bonds. The number of sulfone groups is 1. The van der Waals surface area contributed by atoms with Crippen molar-refractivity contribution < 1.29 is 8.42 Å². The minimum absolute atomic E-state index is 0.246. The summed E-state index contributed by atoms with van der Waals surface area (Å²) >= 11 is 0. The number of nitrogens with zero attached hydrogens (tertiary/aromatic N) is 1. The highest BCUT2D eigenvalue weighted by molar-refractivity contribution is 7.91. The maximum atomic E-state index is 11.3. The van der Waals surface area contributed by atoms with Gasteiger partial charge in [-0.05, 0) is 18.9 Å². The molecule has 4 nitrogen and oxygen atoms in total. The molecule has 1 aliphatic rings. The molecule has 90 valence electrons. The van der Waals surface area contributed by atoms with Crippen molar-refractivity contribution in [3.05, 3.63) is 0 Å². The van der Waals surface area contributed by atoms with E-state index in [0.29, 0.717) is 12.5 Å². The van der Waals surface area contributed by atoms with Crippen LogP contribution in [0, 0.1) is 5.92 Å². The molecule has 0 aliphatic carbocycles. The van der Waals surface area contributed by atoms with Crippen LogP contribution in [0.5, 0.6) is 0 Å². The zero-order valence-corrected chi connectivity index (χ0v) is 10.5. The smallest absolute Gasteiger partial charge is 0.151 e. The van der Waals surface area contributed by atoms with Crippen LogP contribution in [0.4, 0.5) is 0 Å². The van der Waals surface area contributed by atoms with Gasteiger partial charge in [-0.3, -0.25) is 0 Å². The van der Waals surface area contributed by atoms with Gasteiger partial charge < -0.3 is 10.6 Å². The molecule has 0 aromatic heterocycles. The van der Waals surface area contributed by atoms with Crippen LogP contribution in [0.25, 0.3) is 0 Å². The fourth-order valence-corrected chi connectivity index (χ4v) is 2.69. The lowest BCUT2D eigenvalue weighted by molar-refractivity contribution is 0.173. The van der Waals surface area contributed by atoms with Crippen LogP contribution in [0.1, 0.15) is 20.3 Å². The lowest BCUT2D eigenvalue weighted by Crippen LogP contribution is -2.47. The highest BCUT2D eigenvalue weighted by atomic mass is 32.2. The average molecular weight is 234 g/mol. The minimum Gasteiger partial charge on any atom is -0.327 e. The molecular formula is C10H22N2O2S. The third-order valence-electron chi connectivity index (χ3n) is 3.21. The number of rotatable bonds is 4. The van der Waals surface area contributed by atoms with Gasteiger partial charge in [0.2, 0.25) is 0 Å². The molecule has 2 unspecified atom stereocenters. The van der Waals surface area contributed by atoms with Gasteiger partial charge in [-0.15, -0.1) is 0 Å². The van der Waals surface area contributed by atoms with Crippen molar-refractivity contribution in [3.8, 4) is 0 Å². The molecule has 5 heteroatoms. The maximum absolute atomic E-state index is 11.3. The van der Waals surface area contributed by atoms with Crippen molar-refractivity contribution in [2.75, 3.05) is 31.1 Å². The lowest BCUT2D eigenvalue weighted by atomic mass is 9.95. The van der Waals surface area contributed by atoms with Crippen molar-refractivity contribution in [2.24, 2.45) is 11.7 Å². The highest BCUT2D eigenvalue weighted by Crippen LogP contribution is 2.14. The summed E-state index contributed by atoms with van der Waals surface area (Å²) in [5, 5.41) is 0. The standard InChI is InChI=1S/C10H22N2O2S/c1-3-15(13,14)7-6-12-5-4-10(11)9(2)8-12/h9-10H,3-8,11H2,1-2H3. The summed E-state index contributed by atoms with van der Waals surface area (Å²) in [7, 11) is -2.82. The summed E-state index contributed by atoms with van der Waals surface area (Å²) < 4.78 is 22.7. The van der Waals surface area contributed by atoms with Crippen LogP contribution in [0.15, 0.2) is 0 Å². The van der Waals surface area contributed by atoms with E-state index < -0.39 is 9.84 Å². The maximum Gasteiger partial charge on any atom is 0.151 e. The molecule has 1 saturated heterocycles. The topological polar surface area (TPSA) is 63.4 Å². The van der Waals surface area contributed by atoms with E-state index in [1.165, 1.54) is 0 Å². The van der Waals surface area contributed by atoms with Crippen LogP contribution in [0.3, 0.4) is 0 Å². The van der Waals surface area contributed by atoms with Crippen LogP contribution in [-0.2, 0) is 9.84 Å². The quantitative estimate of drug-likeness (QED) is 0.749. The van der Waals surface area contributed by atoms with Gasteiger partial charge in [0.25, 0.3) is 0 Å². The first kappa shape index (κ1) is 12.9. The van der Waals surface area contributed by atoms with Crippen molar-refractivity contribution in [1.82, 2.24) is 4.90 Å². The summed E-state index contributed by atoms with van der Waals surface area (Å²) in [5.74, 6) is 1.00. The molecule has 0 aromatic carbocycles. The Morgan fingerprint density at radius 1 is 1.47 bits per heavy atom. The second-order valence-corrected chi connectivity index (χ2v) is 6.94. The SMILES string of the molecule is CCS(=O)(=O)CCN1CCC(N)C(C)C1. The van der Waals surface area contributed by atoms with Crippen molar-refractivity contribution in [2.45, 2.75) is 26.3 Å². The van der Waals surface area contributed by atoms with Crippen molar-refractivity contribution in [1.29, 1.82) is 0 Å². The van der Waals surface area contributed by atoms with Crippen molar-refractivity contribution >= 4 is 9.84 Å². The molecule has 0 bridgehead atoms. The Balaban J connectivity index is 2.35. The molecule has 1 fully saturated rings. The molecule has 0 saturated carbocycles. The van der Waals surface area contributed by atoms with E-state index in [4.69, 9.17) is 5.73 Å². The van der Waals surface area contributed by atoms with Gasteiger partial charge >= 0.3 is 0 Å². The fourth-order valence-electron chi connectivity index (χ4n) is 1.87. The third kappa shape index (κ3) is 4.09. The van der Waals surface area contributed by atoms with E-state index in [1.54, 1.807) is 6.92 Å². The Kier molecular flexibility index (Phi) is 4.55. The molecule has 0 radical (unpaired) electrons. The summed E-state index contributed by atoms with van der Waals surface area (Å²) in [6, 6.07) is 0.282.